The zero-order valence-corrected chi connectivity index (χ0v) is 10.9. The molecule has 3 nitrogen and oxygen atoms in total. The molecule has 0 aliphatic rings. The fourth-order valence-corrected chi connectivity index (χ4v) is 2.53. The molecule has 1 unspecified atom stereocenters. The van der Waals surface area contributed by atoms with Crippen molar-refractivity contribution in [3.8, 4) is 5.75 Å². The molecule has 17 heavy (non-hydrogen) atoms. The number of methoxy groups -OCH3 is 1. The Morgan fingerprint density at radius 3 is 2.65 bits per heavy atom. The number of aromatic nitrogens is 1. The third kappa shape index (κ3) is 2.48. The van der Waals surface area contributed by atoms with E-state index in [1.165, 1.54) is 11.3 Å². The zero-order valence-electron chi connectivity index (χ0n) is 10.1. The predicted octanol–water partition coefficient (Wildman–Crippen LogP) is 2.85. The lowest BCUT2D eigenvalue weighted by molar-refractivity contribution is 0.223. The summed E-state index contributed by atoms with van der Waals surface area (Å²) in [6.07, 6.45) is 1.13. The summed E-state index contributed by atoms with van der Waals surface area (Å²) in [5.41, 5.74) is 1.91. The molecule has 1 atom stereocenters. The maximum absolute atomic E-state index is 10.3. The van der Waals surface area contributed by atoms with Crippen LogP contribution in [0.4, 0.5) is 0 Å². The van der Waals surface area contributed by atoms with Crippen LogP contribution in [0.1, 0.15) is 27.1 Å². The van der Waals surface area contributed by atoms with Crippen molar-refractivity contribution in [2.75, 3.05) is 7.11 Å². The molecule has 0 bridgehead atoms. The molecule has 0 radical (unpaired) electrons. The third-order valence-electron chi connectivity index (χ3n) is 2.68. The molecule has 2 aromatic rings. The van der Waals surface area contributed by atoms with Crippen LogP contribution in [0, 0.1) is 13.8 Å². The second-order valence-corrected chi connectivity index (χ2v) is 5.17. The Balaban J connectivity index is 2.34. The fraction of sp³-hybridized carbons (Fsp3) is 0.308. The molecule has 1 heterocycles. The normalized spacial score (nSPS) is 12.5. The summed E-state index contributed by atoms with van der Waals surface area (Å²) >= 11 is 1.52. The number of aryl methyl sites for hydroxylation is 2. The van der Waals surface area contributed by atoms with Gasteiger partial charge < -0.3 is 9.84 Å². The number of ether oxygens (including phenoxy) is 1. The third-order valence-corrected chi connectivity index (χ3v) is 3.65. The minimum atomic E-state index is -0.605. The van der Waals surface area contributed by atoms with Crippen LogP contribution in [0.2, 0.25) is 0 Å². The minimum Gasteiger partial charge on any atom is -0.497 e. The maximum atomic E-state index is 10.3. The average molecular weight is 249 g/mol. The molecule has 2 rings (SSSR count). The highest BCUT2D eigenvalue weighted by atomic mass is 32.1. The summed E-state index contributed by atoms with van der Waals surface area (Å²) in [7, 11) is 1.64. The fourth-order valence-electron chi connectivity index (χ4n) is 1.74. The van der Waals surface area contributed by atoms with E-state index in [0.29, 0.717) is 0 Å². The Morgan fingerprint density at radius 2 is 2.12 bits per heavy atom. The highest BCUT2D eigenvalue weighted by Crippen LogP contribution is 2.30. The van der Waals surface area contributed by atoms with E-state index < -0.39 is 6.10 Å². The summed E-state index contributed by atoms with van der Waals surface area (Å²) in [4.78, 5) is 5.03. The van der Waals surface area contributed by atoms with E-state index in [1.807, 2.05) is 32.0 Å². The Morgan fingerprint density at radius 1 is 1.35 bits per heavy atom. The summed E-state index contributed by atoms with van der Waals surface area (Å²) in [5.74, 6) is 0.805. The van der Waals surface area contributed by atoms with Crippen molar-refractivity contribution < 1.29 is 9.84 Å². The first kappa shape index (κ1) is 12.1. The van der Waals surface area contributed by atoms with Crippen LogP contribution in [0.5, 0.6) is 5.75 Å². The van der Waals surface area contributed by atoms with Gasteiger partial charge in [-0.2, -0.15) is 0 Å². The number of aliphatic hydroxyl groups is 1. The number of aliphatic hydroxyl groups excluding tert-OH is 1. The molecule has 4 heteroatoms. The van der Waals surface area contributed by atoms with E-state index in [0.717, 1.165) is 26.8 Å². The molecule has 0 aliphatic carbocycles. The molecule has 1 aromatic carbocycles. The highest BCUT2D eigenvalue weighted by Gasteiger charge is 2.15. The molecule has 90 valence electrons. The lowest BCUT2D eigenvalue weighted by Gasteiger charge is -2.12. The van der Waals surface area contributed by atoms with E-state index in [4.69, 9.17) is 4.74 Å². The van der Waals surface area contributed by atoms with Gasteiger partial charge in [0.05, 0.1) is 17.0 Å². The smallest absolute Gasteiger partial charge is 0.119 e. The topological polar surface area (TPSA) is 42.4 Å². The predicted molar refractivity (Wildman–Crippen MR) is 68.6 cm³/mol. The maximum Gasteiger partial charge on any atom is 0.119 e. The van der Waals surface area contributed by atoms with Crippen LogP contribution in [-0.4, -0.2) is 17.2 Å². The first-order chi connectivity index (χ1) is 8.11. The van der Waals surface area contributed by atoms with E-state index in [-0.39, 0.29) is 0 Å². The summed E-state index contributed by atoms with van der Waals surface area (Å²) in [5, 5.41) is 11.2. The monoisotopic (exact) mass is 249 g/mol. The van der Waals surface area contributed by atoms with Crippen molar-refractivity contribution in [2.45, 2.75) is 20.0 Å². The number of thiazole rings is 1. The van der Waals surface area contributed by atoms with Crippen LogP contribution in [0.3, 0.4) is 0 Å². The van der Waals surface area contributed by atoms with Crippen molar-refractivity contribution in [2.24, 2.45) is 0 Å². The molecular weight excluding hydrogens is 234 g/mol. The molecule has 0 fully saturated rings. The van der Waals surface area contributed by atoms with Gasteiger partial charge >= 0.3 is 0 Å². The van der Waals surface area contributed by atoms with Crippen LogP contribution >= 0.6 is 11.3 Å². The van der Waals surface area contributed by atoms with Crippen molar-refractivity contribution in [3.63, 3.8) is 0 Å². The Labute approximate surface area is 105 Å². The van der Waals surface area contributed by atoms with Gasteiger partial charge in [0.15, 0.2) is 0 Å². The lowest BCUT2D eigenvalue weighted by Crippen LogP contribution is -2.00. The summed E-state index contributed by atoms with van der Waals surface area (Å²) in [6.45, 7) is 3.90. The van der Waals surface area contributed by atoms with Gasteiger partial charge in [-0.15, -0.1) is 11.3 Å². The first-order valence-corrected chi connectivity index (χ1v) is 6.18. The Hall–Kier alpha value is -1.39. The van der Waals surface area contributed by atoms with Gasteiger partial charge in [-0.1, -0.05) is 6.07 Å². The van der Waals surface area contributed by atoms with Crippen molar-refractivity contribution in [3.05, 3.63) is 45.4 Å². The van der Waals surface area contributed by atoms with Crippen LogP contribution in [0.25, 0.3) is 0 Å². The van der Waals surface area contributed by atoms with E-state index in [9.17, 15) is 5.11 Å². The van der Waals surface area contributed by atoms with Gasteiger partial charge in [0.1, 0.15) is 11.9 Å². The summed E-state index contributed by atoms with van der Waals surface area (Å²) < 4.78 is 5.15. The van der Waals surface area contributed by atoms with Gasteiger partial charge in [-0.3, -0.25) is 0 Å². The number of nitrogens with zero attached hydrogens (tertiary/aromatic N) is 1. The molecule has 1 N–H and O–H groups in total. The highest BCUT2D eigenvalue weighted by molar-refractivity contribution is 7.11. The molecule has 0 saturated carbocycles. The van der Waals surface area contributed by atoms with E-state index in [1.54, 1.807) is 13.3 Å². The van der Waals surface area contributed by atoms with Gasteiger partial charge in [-0.25, -0.2) is 4.98 Å². The lowest BCUT2D eigenvalue weighted by atomic mass is 10.0. The zero-order chi connectivity index (χ0) is 12.4. The number of hydrogen-bond acceptors (Lipinski definition) is 4. The second kappa shape index (κ2) is 4.85. The van der Waals surface area contributed by atoms with Crippen LogP contribution in [-0.2, 0) is 0 Å². The van der Waals surface area contributed by atoms with E-state index >= 15 is 0 Å². The molecule has 1 aromatic heterocycles. The van der Waals surface area contributed by atoms with Crippen molar-refractivity contribution in [1.82, 2.24) is 4.98 Å². The van der Waals surface area contributed by atoms with Crippen molar-refractivity contribution >= 4 is 11.3 Å². The molecule has 0 spiro atoms. The van der Waals surface area contributed by atoms with Gasteiger partial charge in [0, 0.05) is 6.20 Å². The summed E-state index contributed by atoms with van der Waals surface area (Å²) in [6, 6.07) is 5.68. The van der Waals surface area contributed by atoms with Gasteiger partial charge in [0.25, 0.3) is 0 Å². The van der Waals surface area contributed by atoms with Gasteiger partial charge in [0.2, 0.25) is 0 Å². The van der Waals surface area contributed by atoms with Crippen LogP contribution in [0.15, 0.2) is 24.4 Å². The van der Waals surface area contributed by atoms with E-state index in [2.05, 4.69) is 4.98 Å². The molecule has 0 amide bonds. The van der Waals surface area contributed by atoms with Crippen molar-refractivity contribution in [1.29, 1.82) is 0 Å². The first-order valence-electron chi connectivity index (χ1n) is 5.36. The quantitative estimate of drug-likeness (QED) is 0.909. The standard InChI is InChI=1S/C13H15NO2S/c1-8-6-10(16-3)4-5-11(8)13(15)12-7-14-9(2)17-12/h4-7,13,15H,1-3H3. The Bertz CT molecular complexity index is 522. The average Bonchev–Trinajstić information content (AvgIpc) is 2.75. The Kier molecular flexibility index (Phi) is 3.45. The van der Waals surface area contributed by atoms with Gasteiger partial charge in [-0.05, 0) is 37.1 Å². The largest absolute Gasteiger partial charge is 0.497 e. The number of rotatable bonds is 3. The number of benzene rings is 1. The SMILES string of the molecule is COc1ccc(C(O)c2cnc(C)s2)c(C)c1. The molecule has 0 aliphatic heterocycles. The molecular formula is C13H15NO2S. The minimum absolute atomic E-state index is 0.605. The molecule has 0 saturated heterocycles. The van der Waals surface area contributed by atoms with Crippen LogP contribution < -0.4 is 4.74 Å². The second-order valence-electron chi connectivity index (χ2n) is 3.91. The number of hydrogen-bond donors (Lipinski definition) is 1.